The number of carbonyl (C=O) groups excluding carboxylic acids is 1. The average molecular weight is 337 g/mol. The number of hydrogen-bond acceptors (Lipinski definition) is 5. The Morgan fingerprint density at radius 1 is 1.35 bits per heavy atom. The van der Waals surface area contributed by atoms with E-state index in [0.717, 1.165) is 0 Å². The third-order valence-electron chi connectivity index (χ3n) is 3.24. The van der Waals surface area contributed by atoms with Crippen LogP contribution in [0.2, 0.25) is 0 Å². The molecule has 0 saturated carbocycles. The molecular formula is C14H19N5O3S. The number of sulfonamides is 1. The van der Waals surface area contributed by atoms with Crippen molar-refractivity contribution in [1.29, 1.82) is 0 Å². The van der Waals surface area contributed by atoms with Gasteiger partial charge in [0.25, 0.3) is 10.0 Å². The molecule has 1 heterocycles. The van der Waals surface area contributed by atoms with Gasteiger partial charge in [0.05, 0.1) is 11.4 Å². The molecule has 9 heteroatoms. The van der Waals surface area contributed by atoms with Gasteiger partial charge in [0.15, 0.2) is 5.03 Å². The van der Waals surface area contributed by atoms with Crippen molar-refractivity contribution in [3.8, 4) is 0 Å². The van der Waals surface area contributed by atoms with Crippen molar-refractivity contribution >= 4 is 27.3 Å². The summed E-state index contributed by atoms with van der Waals surface area (Å²) in [5.41, 5.74) is 6.67. The Morgan fingerprint density at radius 2 is 2.04 bits per heavy atom. The van der Waals surface area contributed by atoms with Crippen LogP contribution in [0.3, 0.4) is 0 Å². The zero-order chi connectivity index (χ0) is 17.0. The lowest BCUT2D eigenvalue weighted by Gasteiger charge is -2.08. The molecule has 0 atom stereocenters. The molecule has 8 nitrogen and oxygen atoms in total. The van der Waals surface area contributed by atoms with Crippen LogP contribution < -0.4 is 15.8 Å². The summed E-state index contributed by atoms with van der Waals surface area (Å²) in [6.45, 7) is 1.67. The van der Waals surface area contributed by atoms with Crippen molar-refractivity contribution in [3.63, 3.8) is 0 Å². The topological polar surface area (TPSA) is 119 Å². The monoisotopic (exact) mass is 337 g/mol. The van der Waals surface area contributed by atoms with Gasteiger partial charge in [-0.15, -0.1) is 0 Å². The molecule has 1 aromatic heterocycles. The molecule has 23 heavy (non-hydrogen) atoms. The van der Waals surface area contributed by atoms with Gasteiger partial charge in [-0.1, -0.05) is 12.1 Å². The Bertz CT molecular complexity index is 794. The van der Waals surface area contributed by atoms with Gasteiger partial charge in [0.1, 0.15) is 5.82 Å². The second kappa shape index (κ2) is 6.80. The van der Waals surface area contributed by atoms with Crippen molar-refractivity contribution in [2.75, 3.05) is 17.6 Å². The van der Waals surface area contributed by atoms with Crippen LogP contribution in [-0.2, 0) is 21.9 Å². The second-order valence-electron chi connectivity index (χ2n) is 5.02. The molecule has 0 bridgehead atoms. The predicted octanol–water partition coefficient (Wildman–Crippen LogP) is 0.618. The number of para-hydroxylation sites is 2. The summed E-state index contributed by atoms with van der Waals surface area (Å²) in [5.74, 6) is 0.255. The highest BCUT2D eigenvalue weighted by Gasteiger charge is 2.18. The Labute approximate surface area is 134 Å². The summed E-state index contributed by atoms with van der Waals surface area (Å²) in [5, 5.41) is 2.57. The van der Waals surface area contributed by atoms with Gasteiger partial charge in [-0.25, -0.2) is 18.1 Å². The molecule has 0 radical (unpaired) electrons. The fourth-order valence-corrected chi connectivity index (χ4v) is 2.92. The van der Waals surface area contributed by atoms with E-state index in [1.165, 1.54) is 6.20 Å². The molecule has 0 aliphatic rings. The van der Waals surface area contributed by atoms with E-state index in [2.05, 4.69) is 15.0 Å². The number of anilines is 2. The number of hydrogen-bond donors (Lipinski definition) is 3. The molecule has 0 fully saturated rings. The van der Waals surface area contributed by atoms with Gasteiger partial charge in [-0.05, 0) is 19.1 Å². The number of nitrogen functional groups attached to an aromatic ring is 1. The van der Waals surface area contributed by atoms with E-state index in [1.54, 1.807) is 42.8 Å². The first kappa shape index (κ1) is 17.0. The Kier molecular flexibility index (Phi) is 5.02. The predicted molar refractivity (Wildman–Crippen MR) is 87.2 cm³/mol. The lowest BCUT2D eigenvalue weighted by molar-refractivity contribution is -0.116. The highest BCUT2D eigenvalue weighted by Crippen LogP contribution is 2.16. The molecule has 0 saturated heterocycles. The van der Waals surface area contributed by atoms with E-state index in [9.17, 15) is 13.2 Å². The third-order valence-corrected chi connectivity index (χ3v) is 4.57. The van der Waals surface area contributed by atoms with Crippen LogP contribution in [0.1, 0.15) is 12.2 Å². The van der Waals surface area contributed by atoms with Crippen molar-refractivity contribution in [3.05, 3.63) is 36.3 Å². The smallest absolute Gasteiger partial charge is 0.259 e. The van der Waals surface area contributed by atoms with Crippen LogP contribution >= 0.6 is 0 Å². The van der Waals surface area contributed by atoms with Gasteiger partial charge >= 0.3 is 0 Å². The summed E-state index contributed by atoms with van der Waals surface area (Å²) in [6.07, 6.45) is 1.40. The van der Waals surface area contributed by atoms with Crippen molar-refractivity contribution < 1.29 is 13.2 Å². The van der Waals surface area contributed by atoms with Gasteiger partial charge in [0, 0.05) is 26.2 Å². The minimum Gasteiger partial charge on any atom is -0.397 e. The fourth-order valence-electron chi connectivity index (χ4n) is 1.85. The molecule has 0 aliphatic heterocycles. The quantitative estimate of drug-likeness (QED) is 0.668. The lowest BCUT2D eigenvalue weighted by atomic mass is 10.2. The van der Waals surface area contributed by atoms with E-state index < -0.39 is 10.0 Å². The highest BCUT2D eigenvalue weighted by molar-refractivity contribution is 7.89. The van der Waals surface area contributed by atoms with E-state index in [4.69, 9.17) is 5.73 Å². The summed E-state index contributed by atoms with van der Waals surface area (Å²) in [4.78, 5) is 15.8. The summed E-state index contributed by atoms with van der Waals surface area (Å²) in [6, 6.07) is 6.85. The van der Waals surface area contributed by atoms with Crippen molar-refractivity contribution in [2.45, 2.75) is 18.4 Å². The van der Waals surface area contributed by atoms with E-state index >= 15 is 0 Å². The maximum Gasteiger partial charge on any atom is 0.259 e. The Morgan fingerprint density at radius 3 is 2.65 bits per heavy atom. The van der Waals surface area contributed by atoms with E-state index in [-0.39, 0.29) is 23.9 Å². The van der Waals surface area contributed by atoms with Crippen LogP contribution in [0.4, 0.5) is 11.4 Å². The number of aromatic nitrogens is 2. The minimum atomic E-state index is -3.73. The van der Waals surface area contributed by atoms with Crippen LogP contribution in [0, 0.1) is 6.92 Å². The molecule has 0 unspecified atom stereocenters. The summed E-state index contributed by atoms with van der Waals surface area (Å²) < 4.78 is 28.1. The number of aryl methyl sites for hydroxylation is 2. The number of nitrogens with two attached hydrogens (primary N) is 1. The maximum absolute atomic E-state index is 12.1. The van der Waals surface area contributed by atoms with Gasteiger partial charge in [0.2, 0.25) is 5.91 Å². The van der Waals surface area contributed by atoms with Crippen LogP contribution in [0.25, 0.3) is 0 Å². The number of carbonyl (C=O) groups is 1. The zero-order valence-corrected chi connectivity index (χ0v) is 13.7. The number of benzene rings is 1. The SMILES string of the molecule is Cc1nc(S(=O)(=O)NCCC(=O)Nc2ccccc2N)cn1C. The molecule has 2 rings (SSSR count). The third kappa shape index (κ3) is 4.30. The van der Waals surface area contributed by atoms with Crippen LogP contribution in [-0.4, -0.2) is 30.4 Å². The van der Waals surface area contributed by atoms with Gasteiger partial charge in [-0.2, -0.15) is 0 Å². The number of nitrogens with one attached hydrogen (secondary N) is 2. The molecule has 1 amide bonds. The van der Waals surface area contributed by atoms with Crippen LogP contribution in [0.5, 0.6) is 0 Å². The number of nitrogens with zero attached hydrogens (tertiary/aromatic N) is 2. The number of imidazole rings is 1. The summed E-state index contributed by atoms with van der Waals surface area (Å²) >= 11 is 0. The number of amides is 1. The molecular weight excluding hydrogens is 318 g/mol. The Hall–Kier alpha value is -2.39. The minimum absolute atomic E-state index is 0.0145. The van der Waals surface area contributed by atoms with Crippen molar-refractivity contribution in [2.24, 2.45) is 7.05 Å². The van der Waals surface area contributed by atoms with Crippen molar-refractivity contribution in [1.82, 2.24) is 14.3 Å². The maximum atomic E-state index is 12.1. The molecule has 4 N–H and O–H groups in total. The normalized spacial score (nSPS) is 11.4. The lowest BCUT2D eigenvalue weighted by Crippen LogP contribution is -2.28. The fraction of sp³-hybridized carbons (Fsp3) is 0.286. The second-order valence-corrected chi connectivity index (χ2v) is 6.73. The molecule has 1 aromatic carbocycles. The van der Waals surface area contributed by atoms with Crippen LogP contribution in [0.15, 0.2) is 35.5 Å². The van der Waals surface area contributed by atoms with Gasteiger partial charge in [-0.3, -0.25) is 4.79 Å². The van der Waals surface area contributed by atoms with E-state index in [0.29, 0.717) is 17.2 Å². The first-order chi connectivity index (χ1) is 10.8. The molecule has 0 aliphatic carbocycles. The summed E-state index contributed by atoms with van der Waals surface area (Å²) in [7, 11) is -2.02. The highest BCUT2D eigenvalue weighted by atomic mass is 32.2. The first-order valence-corrected chi connectivity index (χ1v) is 8.42. The molecule has 124 valence electrons. The van der Waals surface area contributed by atoms with Gasteiger partial charge < -0.3 is 15.6 Å². The number of rotatable bonds is 6. The largest absolute Gasteiger partial charge is 0.397 e. The van der Waals surface area contributed by atoms with E-state index in [1.807, 2.05) is 0 Å². The standard InChI is InChI=1S/C14H19N5O3S/c1-10-17-14(9-19(10)2)23(21,22)16-8-7-13(20)18-12-6-4-3-5-11(12)15/h3-6,9,16H,7-8,15H2,1-2H3,(H,18,20). The molecule has 0 spiro atoms. The average Bonchev–Trinajstić information content (AvgIpc) is 2.82. The first-order valence-electron chi connectivity index (χ1n) is 6.93. The molecule has 2 aromatic rings. The Balaban J connectivity index is 1.89. The zero-order valence-electron chi connectivity index (χ0n) is 12.9.